The third-order valence-corrected chi connectivity index (χ3v) is 6.63. The van der Waals surface area contributed by atoms with Crippen molar-refractivity contribution < 1.29 is 13.2 Å². The van der Waals surface area contributed by atoms with E-state index in [1.807, 2.05) is 12.1 Å². The van der Waals surface area contributed by atoms with E-state index in [1.54, 1.807) is 11.0 Å². The molecule has 144 valence electrons. The highest BCUT2D eigenvalue weighted by Gasteiger charge is 2.28. The Kier molecular flexibility index (Phi) is 5.91. The van der Waals surface area contributed by atoms with Gasteiger partial charge in [0.05, 0.1) is 10.7 Å². The molecule has 0 bridgehead atoms. The van der Waals surface area contributed by atoms with Gasteiger partial charge in [0.2, 0.25) is 0 Å². The highest BCUT2D eigenvalue weighted by atomic mass is 35.5. The van der Waals surface area contributed by atoms with Crippen molar-refractivity contribution in [3.8, 4) is 0 Å². The number of nitrogens with one attached hydrogen (secondary N) is 2. The van der Waals surface area contributed by atoms with Gasteiger partial charge in [-0.05, 0) is 31.0 Å². The fourth-order valence-corrected chi connectivity index (χ4v) is 4.46. The number of carbonyl (C=O) groups is 1. The van der Waals surface area contributed by atoms with Gasteiger partial charge in [-0.2, -0.15) is 12.7 Å². The first-order chi connectivity index (χ1) is 12.4. The second-order valence-electron chi connectivity index (χ2n) is 6.39. The maximum atomic E-state index is 12.4. The SMILES string of the molecule is CNS(=O)(=O)N1CCN(C(=O)Nc2ccc(N3CCCC3)c(Cl)c2)CC1. The highest BCUT2D eigenvalue weighted by Crippen LogP contribution is 2.31. The Balaban J connectivity index is 1.58. The minimum Gasteiger partial charge on any atom is -0.370 e. The topological polar surface area (TPSA) is 85.0 Å². The first kappa shape index (κ1) is 19.2. The van der Waals surface area contributed by atoms with Crippen LogP contribution in [0.25, 0.3) is 0 Å². The predicted molar refractivity (Wildman–Crippen MR) is 103 cm³/mol. The summed E-state index contributed by atoms with van der Waals surface area (Å²) in [5.41, 5.74) is 1.63. The summed E-state index contributed by atoms with van der Waals surface area (Å²) in [4.78, 5) is 16.3. The lowest BCUT2D eigenvalue weighted by atomic mass is 10.2. The predicted octanol–water partition coefficient (Wildman–Crippen LogP) is 1.55. The molecule has 2 N–H and O–H groups in total. The average Bonchev–Trinajstić information content (AvgIpc) is 3.16. The van der Waals surface area contributed by atoms with E-state index < -0.39 is 10.2 Å². The van der Waals surface area contributed by atoms with E-state index in [0.29, 0.717) is 23.8 Å². The normalized spacial score (nSPS) is 19.0. The molecule has 2 heterocycles. The third kappa shape index (κ3) is 4.22. The summed E-state index contributed by atoms with van der Waals surface area (Å²) in [6.45, 7) is 3.23. The largest absolute Gasteiger partial charge is 0.370 e. The Morgan fingerprint density at radius 3 is 2.31 bits per heavy atom. The number of halogens is 1. The Hall–Kier alpha value is -1.55. The summed E-state index contributed by atoms with van der Waals surface area (Å²) < 4.78 is 27.2. The van der Waals surface area contributed by atoms with Gasteiger partial charge in [0.1, 0.15) is 0 Å². The Bertz CT molecular complexity index is 759. The fraction of sp³-hybridized carbons (Fsp3) is 0.562. The molecule has 0 saturated carbocycles. The number of anilines is 2. The summed E-state index contributed by atoms with van der Waals surface area (Å²) in [6.07, 6.45) is 2.34. The van der Waals surface area contributed by atoms with Crippen LogP contribution in [0, 0.1) is 0 Å². The van der Waals surface area contributed by atoms with Gasteiger partial charge in [-0.15, -0.1) is 0 Å². The van der Waals surface area contributed by atoms with Crippen LogP contribution < -0.4 is 14.9 Å². The van der Waals surface area contributed by atoms with Crippen molar-refractivity contribution in [3.05, 3.63) is 23.2 Å². The van der Waals surface area contributed by atoms with Crippen LogP contribution >= 0.6 is 11.6 Å². The third-order valence-electron chi connectivity index (χ3n) is 4.77. The number of hydrogen-bond donors (Lipinski definition) is 2. The molecule has 2 aliphatic rings. The molecule has 10 heteroatoms. The molecule has 0 spiro atoms. The molecule has 26 heavy (non-hydrogen) atoms. The number of amides is 2. The van der Waals surface area contributed by atoms with Crippen molar-refractivity contribution >= 4 is 39.2 Å². The van der Waals surface area contributed by atoms with E-state index in [9.17, 15) is 13.2 Å². The van der Waals surface area contributed by atoms with E-state index in [-0.39, 0.29) is 19.1 Å². The van der Waals surface area contributed by atoms with Crippen LogP contribution in [0.3, 0.4) is 0 Å². The zero-order valence-corrected chi connectivity index (χ0v) is 16.3. The van der Waals surface area contributed by atoms with Crippen LogP contribution in [0.1, 0.15) is 12.8 Å². The quantitative estimate of drug-likeness (QED) is 0.801. The van der Waals surface area contributed by atoms with Crippen molar-refractivity contribution in [1.29, 1.82) is 0 Å². The molecule has 0 unspecified atom stereocenters. The lowest BCUT2D eigenvalue weighted by Gasteiger charge is -2.33. The zero-order chi connectivity index (χ0) is 18.7. The summed E-state index contributed by atoms with van der Waals surface area (Å²) >= 11 is 6.38. The number of hydrogen-bond acceptors (Lipinski definition) is 4. The van der Waals surface area contributed by atoms with E-state index in [2.05, 4.69) is 14.9 Å². The summed E-state index contributed by atoms with van der Waals surface area (Å²) in [7, 11) is -2.07. The van der Waals surface area contributed by atoms with Crippen molar-refractivity contribution in [2.24, 2.45) is 0 Å². The number of benzene rings is 1. The van der Waals surface area contributed by atoms with Crippen LogP contribution in [0.5, 0.6) is 0 Å². The van der Waals surface area contributed by atoms with Gasteiger partial charge in [0.15, 0.2) is 0 Å². The maximum Gasteiger partial charge on any atom is 0.321 e. The first-order valence-electron chi connectivity index (χ1n) is 8.70. The van der Waals surface area contributed by atoms with Gasteiger partial charge in [-0.25, -0.2) is 9.52 Å². The molecule has 8 nitrogen and oxygen atoms in total. The second kappa shape index (κ2) is 7.99. The van der Waals surface area contributed by atoms with Crippen molar-refractivity contribution in [2.45, 2.75) is 12.8 Å². The van der Waals surface area contributed by atoms with Crippen molar-refractivity contribution in [1.82, 2.24) is 13.9 Å². The number of rotatable bonds is 4. The standard InChI is InChI=1S/C16H24ClN5O3S/c1-18-26(24,25)22-10-8-21(9-11-22)16(23)19-13-4-5-15(14(17)12-13)20-6-2-3-7-20/h4-5,12,18H,2-3,6-11H2,1H3,(H,19,23). The zero-order valence-electron chi connectivity index (χ0n) is 14.7. The van der Waals surface area contributed by atoms with Crippen molar-refractivity contribution in [2.75, 3.05) is 56.5 Å². The minimum absolute atomic E-state index is 0.253. The van der Waals surface area contributed by atoms with E-state index in [1.165, 1.54) is 24.2 Å². The van der Waals surface area contributed by atoms with E-state index in [4.69, 9.17) is 11.6 Å². The fourth-order valence-electron chi connectivity index (χ4n) is 3.26. The highest BCUT2D eigenvalue weighted by molar-refractivity contribution is 7.87. The van der Waals surface area contributed by atoms with Gasteiger partial charge in [-0.3, -0.25) is 0 Å². The van der Waals surface area contributed by atoms with Gasteiger partial charge in [0.25, 0.3) is 10.2 Å². The van der Waals surface area contributed by atoms with Gasteiger partial charge in [-0.1, -0.05) is 11.6 Å². The van der Waals surface area contributed by atoms with Crippen LogP contribution in [0.15, 0.2) is 18.2 Å². The summed E-state index contributed by atoms with van der Waals surface area (Å²) in [5.74, 6) is 0. The van der Waals surface area contributed by atoms with Crippen molar-refractivity contribution in [3.63, 3.8) is 0 Å². The molecule has 0 aliphatic carbocycles. The minimum atomic E-state index is -3.44. The lowest BCUT2D eigenvalue weighted by Crippen LogP contribution is -2.53. The van der Waals surface area contributed by atoms with Crippen LogP contribution in [-0.4, -0.2) is 70.0 Å². The molecular formula is C16H24ClN5O3S. The molecule has 3 rings (SSSR count). The number of piperazine rings is 1. The Labute approximate surface area is 159 Å². The molecule has 0 aromatic heterocycles. The van der Waals surface area contributed by atoms with E-state index in [0.717, 1.165) is 18.8 Å². The van der Waals surface area contributed by atoms with Crippen LogP contribution in [0.4, 0.5) is 16.2 Å². The molecule has 2 aliphatic heterocycles. The van der Waals surface area contributed by atoms with Gasteiger partial charge < -0.3 is 15.1 Å². The summed E-state index contributed by atoms with van der Waals surface area (Å²) in [5, 5.41) is 3.46. The monoisotopic (exact) mass is 401 g/mol. The van der Waals surface area contributed by atoms with Crippen LogP contribution in [0.2, 0.25) is 5.02 Å². The molecule has 1 aromatic rings. The number of urea groups is 1. The molecule has 2 saturated heterocycles. The number of carbonyl (C=O) groups excluding carboxylic acids is 1. The number of nitrogens with zero attached hydrogens (tertiary/aromatic N) is 3. The second-order valence-corrected chi connectivity index (χ2v) is 8.67. The molecule has 2 fully saturated rings. The van der Waals surface area contributed by atoms with Gasteiger partial charge in [0, 0.05) is 52.0 Å². The average molecular weight is 402 g/mol. The Morgan fingerprint density at radius 1 is 1.08 bits per heavy atom. The summed E-state index contributed by atoms with van der Waals surface area (Å²) in [6, 6.07) is 5.28. The first-order valence-corrected chi connectivity index (χ1v) is 10.5. The molecule has 0 atom stereocenters. The molecule has 1 aromatic carbocycles. The molecule has 2 amide bonds. The smallest absolute Gasteiger partial charge is 0.321 e. The molecular weight excluding hydrogens is 378 g/mol. The maximum absolute atomic E-state index is 12.4. The van der Waals surface area contributed by atoms with Gasteiger partial charge >= 0.3 is 6.03 Å². The lowest BCUT2D eigenvalue weighted by molar-refractivity contribution is 0.184. The van der Waals surface area contributed by atoms with Crippen LogP contribution in [-0.2, 0) is 10.2 Å². The molecule has 0 radical (unpaired) electrons. The van der Waals surface area contributed by atoms with E-state index >= 15 is 0 Å². The Morgan fingerprint density at radius 2 is 1.73 bits per heavy atom.